The number of nitrogens with zero attached hydrogens (tertiary/aromatic N) is 2. The van der Waals surface area contributed by atoms with E-state index in [0.717, 1.165) is 19.5 Å². The van der Waals surface area contributed by atoms with Crippen LogP contribution in [0.3, 0.4) is 0 Å². The standard InChI is InChI=1S/C16H31N3/c1-13(2)11-17-12-16(5,14(3)4)8-7-15-18-9-10-19(15)6/h9-10,13-14,17H,7-8,11-12H2,1-6H3. The summed E-state index contributed by atoms with van der Waals surface area (Å²) in [5.41, 5.74) is 0.334. The molecule has 1 unspecified atom stereocenters. The molecule has 0 aliphatic rings. The van der Waals surface area contributed by atoms with Crippen LogP contribution >= 0.6 is 0 Å². The van der Waals surface area contributed by atoms with Gasteiger partial charge in [-0.3, -0.25) is 0 Å². The first-order valence-corrected chi connectivity index (χ1v) is 7.52. The molecule has 0 aromatic carbocycles. The van der Waals surface area contributed by atoms with Crippen molar-refractivity contribution in [3.8, 4) is 0 Å². The van der Waals surface area contributed by atoms with Gasteiger partial charge in [0.1, 0.15) is 5.82 Å². The smallest absolute Gasteiger partial charge is 0.108 e. The van der Waals surface area contributed by atoms with Crippen LogP contribution in [0, 0.1) is 17.3 Å². The van der Waals surface area contributed by atoms with Crippen LogP contribution in [0.2, 0.25) is 0 Å². The van der Waals surface area contributed by atoms with E-state index in [1.165, 1.54) is 12.2 Å². The van der Waals surface area contributed by atoms with Crippen LogP contribution < -0.4 is 5.32 Å². The topological polar surface area (TPSA) is 29.9 Å². The van der Waals surface area contributed by atoms with Crippen LogP contribution in [0.25, 0.3) is 0 Å². The molecule has 1 rings (SSSR count). The molecule has 0 aliphatic carbocycles. The minimum Gasteiger partial charge on any atom is -0.338 e. The van der Waals surface area contributed by atoms with Crippen LogP contribution in [-0.2, 0) is 13.5 Å². The fourth-order valence-corrected chi connectivity index (χ4v) is 2.26. The number of aryl methyl sites for hydroxylation is 2. The highest BCUT2D eigenvalue weighted by atomic mass is 15.0. The molecule has 1 aromatic heterocycles. The summed E-state index contributed by atoms with van der Waals surface area (Å²) in [4.78, 5) is 4.43. The second-order valence-electron chi connectivity index (χ2n) is 6.79. The predicted molar refractivity (Wildman–Crippen MR) is 82.2 cm³/mol. The monoisotopic (exact) mass is 265 g/mol. The van der Waals surface area contributed by atoms with Gasteiger partial charge in [-0.15, -0.1) is 0 Å². The normalized spacial score (nSPS) is 15.2. The number of imidazole rings is 1. The average molecular weight is 265 g/mol. The van der Waals surface area contributed by atoms with Crippen molar-refractivity contribution in [1.82, 2.24) is 14.9 Å². The van der Waals surface area contributed by atoms with Crippen molar-refractivity contribution in [2.24, 2.45) is 24.3 Å². The molecule has 0 amide bonds. The third kappa shape index (κ3) is 4.98. The zero-order valence-electron chi connectivity index (χ0n) is 13.5. The Kier molecular flexibility index (Phi) is 6.05. The van der Waals surface area contributed by atoms with E-state index in [0.29, 0.717) is 17.3 Å². The summed E-state index contributed by atoms with van der Waals surface area (Å²) in [5.74, 6) is 2.58. The summed E-state index contributed by atoms with van der Waals surface area (Å²) in [6.07, 6.45) is 6.15. The van der Waals surface area contributed by atoms with Gasteiger partial charge < -0.3 is 9.88 Å². The Morgan fingerprint density at radius 2 is 2.00 bits per heavy atom. The molecule has 1 heterocycles. The lowest BCUT2D eigenvalue weighted by molar-refractivity contribution is 0.188. The van der Waals surface area contributed by atoms with Crippen molar-refractivity contribution in [3.63, 3.8) is 0 Å². The van der Waals surface area contributed by atoms with Gasteiger partial charge in [0.2, 0.25) is 0 Å². The van der Waals surface area contributed by atoms with Crippen molar-refractivity contribution in [3.05, 3.63) is 18.2 Å². The van der Waals surface area contributed by atoms with Crippen molar-refractivity contribution in [2.75, 3.05) is 13.1 Å². The van der Waals surface area contributed by atoms with Gasteiger partial charge in [0.15, 0.2) is 0 Å². The summed E-state index contributed by atoms with van der Waals surface area (Å²) in [6.45, 7) is 13.8. The highest BCUT2D eigenvalue weighted by molar-refractivity contribution is 4.93. The third-order valence-corrected chi connectivity index (χ3v) is 4.32. The van der Waals surface area contributed by atoms with E-state index in [4.69, 9.17) is 0 Å². The van der Waals surface area contributed by atoms with Crippen LogP contribution in [0.15, 0.2) is 12.4 Å². The maximum atomic E-state index is 4.43. The molecular weight excluding hydrogens is 234 g/mol. The Morgan fingerprint density at radius 1 is 1.32 bits per heavy atom. The van der Waals surface area contributed by atoms with Gasteiger partial charge in [0.25, 0.3) is 0 Å². The molecule has 19 heavy (non-hydrogen) atoms. The summed E-state index contributed by atoms with van der Waals surface area (Å²) in [6, 6.07) is 0. The largest absolute Gasteiger partial charge is 0.338 e. The van der Waals surface area contributed by atoms with Crippen molar-refractivity contribution < 1.29 is 0 Å². The van der Waals surface area contributed by atoms with E-state index in [1.807, 2.05) is 12.4 Å². The summed E-state index contributed by atoms with van der Waals surface area (Å²) in [5, 5.41) is 3.62. The van der Waals surface area contributed by atoms with Crippen LogP contribution in [-0.4, -0.2) is 22.6 Å². The number of rotatable bonds is 8. The van der Waals surface area contributed by atoms with E-state index in [1.54, 1.807) is 0 Å². The summed E-state index contributed by atoms with van der Waals surface area (Å²) >= 11 is 0. The second kappa shape index (κ2) is 7.09. The van der Waals surface area contributed by atoms with Gasteiger partial charge >= 0.3 is 0 Å². The third-order valence-electron chi connectivity index (χ3n) is 4.32. The quantitative estimate of drug-likeness (QED) is 0.782. The van der Waals surface area contributed by atoms with Crippen molar-refractivity contribution in [2.45, 2.75) is 47.5 Å². The van der Waals surface area contributed by atoms with Crippen molar-refractivity contribution >= 4 is 0 Å². The average Bonchev–Trinajstić information content (AvgIpc) is 2.71. The predicted octanol–water partition coefficient (Wildman–Crippen LogP) is 3.26. The molecule has 3 nitrogen and oxygen atoms in total. The maximum absolute atomic E-state index is 4.43. The lowest BCUT2D eigenvalue weighted by Gasteiger charge is -2.34. The molecule has 1 N–H and O–H groups in total. The number of hydrogen-bond acceptors (Lipinski definition) is 2. The van der Waals surface area contributed by atoms with Gasteiger partial charge in [0, 0.05) is 32.4 Å². The molecule has 1 aromatic rings. The Bertz CT molecular complexity index is 368. The molecule has 3 heteroatoms. The fourth-order valence-electron chi connectivity index (χ4n) is 2.26. The van der Waals surface area contributed by atoms with E-state index >= 15 is 0 Å². The molecule has 0 bridgehead atoms. The van der Waals surface area contributed by atoms with Gasteiger partial charge in [-0.25, -0.2) is 4.98 Å². The van der Waals surface area contributed by atoms with Gasteiger partial charge in [-0.1, -0.05) is 34.6 Å². The maximum Gasteiger partial charge on any atom is 0.108 e. The molecule has 0 radical (unpaired) electrons. The number of nitrogens with one attached hydrogen (secondary N) is 1. The molecule has 0 aliphatic heterocycles. The molecule has 0 saturated heterocycles. The zero-order valence-corrected chi connectivity index (χ0v) is 13.5. The van der Waals surface area contributed by atoms with E-state index in [9.17, 15) is 0 Å². The van der Waals surface area contributed by atoms with E-state index < -0.39 is 0 Å². The van der Waals surface area contributed by atoms with Crippen LogP contribution in [0.5, 0.6) is 0 Å². The Hall–Kier alpha value is -0.830. The minimum absolute atomic E-state index is 0.334. The van der Waals surface area contributed by atoms with E-state index in [-0.39, 0.29) is 0 Å². The highest BCUT2D eigenvalue weighted by Gasteiger charge is 2.28. The van der Waals surface area contributed by atoms with Gasteiger partial charge in [-0.05, 0) is 30.2 Å². The number of aromatic nitrogens is 2. The molecule has 0 spiro atoms. The van der Waals surface area contributed by atoms with E-state index in [2.05, 4.69) is 56.5 Å². The molecule has 1 atom stereocenters. The first-order chi connectivity index (χ1) is 8.85. The highest BCUT2D eigenvalue weighted by Crippen LogP contribution is 2.31. The van der Waals surface area contributed by atoms with Gasteiger partial charge in [-0.2, -0.15) is 0 Å². The molecule has 0 fully saturated rings. The zero-order chi connectivity index (χ0) is 14.5. The Morgan fingerprint density at radius 3 is 2.47 bits per heavy atom. The SMILES string of the molecule is CC(C)CNCC(C)(CCc1nccn1C)C(C)C. The molecule has 0 saturated carbocycles. The van der Waals surface area contributed by atoms with Crippen LogP contribution in [0.1, 0.15) is 46.9 Å². The summed E-state index contributed by atoms with van der Waals surface area (Å²) < 4.78 is 2.13. The fraction of sp³-hybridized carbons (Fsp3) is 0.812. The molecule has 110 valence electrons. The first-order valence-electron chi connectivity index (χ1n) is 7.52. The van der Waals surface area contributed by atoms with Crippen molar-refractivity contribution in [1.29, 1.82) is 0 Å². The Balaban J connectivity index is 2.53. The lowest BCUT2D eigenvalue weighted by Crippen LogP contribution is -2.38. The first kappa shape index (κ1) is 16.2. The minimum atomic E-state index is 0.334. The molecular formula is C16H31N3. The Labute approximate surface area is 118 Å². The van der Waals surface area contributed by atoms with Crippen LogP contribution in [0.4, 0.5) is 0 Å². The number of hydrogen-bond donors (Lipinski definition) is 1. The lowest BCUT2D eigenvalue weighted by atomic mass is 9.75. The second-order valence-corrected chi connectivity index (χ2v) is 6.79. The van der Waals surface area contributed by atoms with Gasteiger partial charge in [0.05, 0.1) is 0 Å². The summed E-state index contributed by atoms with van der Waals surface area (Å²) in [7, 11) is 2.08.